The molecule has 0 saturated carbocycles. The van der Waals surface area contributed by atoms with Gasteiger partial charge in [-0.25, -0.2) is 4.79 Å². The molecule has 1 aliphatic heterocycles. The van der Waals surface area contributed by atoms with Crippen molar-refractivity contribution in [2.45, 2.75) is 84.0 Å². The molecule has 0 fully saturated rings. The molecule has 0 radical (unpaired) electrons. The van der Waals surface area contributed by atoms with Crippen molar-refractivity contribution < 1.29 is 31.1 Å². The number of hydrogen-bond acceptors (Lipinski definition) is 2. The van der Waals surface area contributed by atoms with Gasteiger partial charge in [0.05, 0.1) is 0 Å². The first-order chi connectivity index (χ1) is 11.3. The summed E-state index contributed by atoms with van der Waals surface area (Å²) in [5.74, 6) is -0.452. The van der Waals surface area contributed by atoms with Crippen molar-refractivity contribution in [3.05, 3.63) is 35.8 Å². The van der Waals surface area contributed by atoms with Crippen LogP contribution >= 0.6 is 0 Å². The molecule has 1 aliphatic rings. The van der Waals surface area contributed by atoms with Gasteiger partial charge in [0.25, 0.3) is 5.76 Å². The Morgan fingerprint density at radius 2 is 1.46 bits per heavy atom. The normalized spacial score (nSPS) is 13.4. The van der Waals surface area contributed by atoms with Crippen molar-refractivity contribution in [1.82, 2.24) is 0 Å². The van der Waals surface area contributed by atoms with E-state index in [9.17, 15) is 4.79 Å². The Morgan fingerprint density at radius 1 is 0.917 bits per heavy atom. The van der Waals surface area contributed by atoms with E-state index in [1.165, 1.54) is 70.6 Å². The van der Waals surface area contributed by atoms with E-state index in [-0.39, 0.29) is 22.3 Å². The molecule has 24 heavy (non-hydrogen) atoms. The molecule has 0 amide bonds. The van der Waals surface area contributed by atoms with Crippen LogP contribution in [0.25, 0.3) is 0 Å². The van der Waals surface area contributed by atoms with Crippen LogP contribution in [-0.2, 0) is 26.0 Å². The molecule has 1 heterocycles. The van der Waals surface area contributed by atoms with Crippen molar-refractivity contribution in [2.24, 2.45) is 0 Å². The maximum atomic E-state index is 10.5. The van der Waals surface area contributed by atoms with E-state index in [4.69, 9.17) is 9.84 Å². The minimum atomic E-state index is -0.991. The van der Waals surface area contributed by atoms with Gasteiger partial charge in [-0.2, -0.15) is 0 Å². The van der Waals surface area contributed by atoms with Gasteiger partial charge < -0.3 is 9.84 Å². The van der Waals surface area contributed by atoms with Gasteiger partial charge in [0.1, 0.15) is 0 Å². The van der Waals surface area contributed by atoms with Gasteiger partial charge >= 0.3 is 5.97 Å². The standard InChI is InChI=1S/C20H32O3.Ni/c1-2-3-4-5-6-7-8-9-10-11-12-13-14-15-16-17-18-19(23-18)20(21)22;/h14-17H,2-13H2,1H3,(H,21,22);. The van der Waals surface area contributed by atoms with Crippen LogP contribution in [0.3, 0.4) is 0 Å². The number of unbranched alkanes of at least 4 members (excludes halogenated alkanes) is 11. The van der Waals surface area contributed by atoms with Crippen molar-refractivity contribution >= 4 is 5.97 Å². The molecule has 3 nitrogen and oxygen atoms in total. The van der Waals surface area contributed by atoms with Crippen LogP contribution in [0, 0.1) is 0 Å². The molecular formula is C20H32NiO3. The van der Waals surface area contributed by atoms with E-state index in [1.807, 2.05) is 12.2 Å². The smallest absolute Gasteiger partial charge is 0.375 e. The molecule has 0 aromatic rings. The zero-order valence-corrected chi connectivity index (χ0v) is 15.9. The molecule has 1 rings (SSSR count). The quantitative estimate of drug-likeness (QED) is 0.212. The average molecular weight is 379 g/mol. The van der Waals surface area contributed by atoms with Crippen molar-refractivity contribution in [2.75, 3.05) is 0 Å². The number of allylic oxidation sites excluding steroid dienone is 4. The predicted octanol–water partition coefficient (Wildman–Crippen LogP) is 6.12. The minimum Gasteiger partial charge on any atom is -0.475 e. The Bertz CT molecular complexity index is 425. The largest absolute Gasteiger partial charge is 0.475 e. The number of carbonyl (C=O) groups is 1. The third-order valence-corrected chi connectivity index (χ3v) is 4.06. The Balaban J connectivity index is 0.00000529. The van der Waals surface area contributed by atoms with Gasteiger partial charge in [-0.3, -0.25) is 0 Å². The monoisotopic (exact) mass is 378 g/mol. The van der Waals surface area contributed by atoms with Gasteiger partial charge in [0.2, 0.25) is 0 Å². The molecule has 0 spiro atoms. The van der Waals surface area contributed by atoms with Crippen LogP contribution in [0.15, 0.2) is 35.8 Å². The van der Waals surface area contributed by atoms with Crippen LogP contribution in [-0.4, -0.2) is 11.1 Å². The summed E-state index contributed by atoms with van der Waals surface area (Å²) in [6.07, 6.45) is 23.8. The fourth-order valence-electron chi connectivity index (χ4n) is 2.59. The van der Waals surface area contributed by atoms with Crippen molar-refractivity contribution in [3.63, 3.8) is 0 Å². The summed E-state index contributed by atoms with van der Waals surface area (Å²) in [7, 11) is 0. The Morgan fingerprint density at radius 3 is 1.96 bits per heavy atom. The number of hydrogen-bond donors (Lipinski definition) is 1. The zero-order valence-electron chi connectivity index (χ0n) is 14.9. The first-order valence-corrected chi connectivity index (χ1v) is 9.24. The van der Waals surface area contributed by atoms with E-state index in [2.05, 4.69) is 13.0 Å². The summed E-state index contributed by atoms with van der Waals surface area (Å²) in [6, 6.07) is 0. The summed E-state index contributed by atoms with van der Waals surface area (Å²) < 4.78 is 4.81. The first kappa shape index (κ1) is 23.0. The molecule has 0 bridgehead atoms. The predicted molar refractivity (Wildman–Crippen MR) is 95.1 cm³/mol. The van der Waals surface area contributed by atoms with Gasteiger partial charge in [-0.1, -0.05) is 89.4 Å². The molecule has 1 N–H and O–H groups in total. The third kappa shape index (κ3) is 12.4. The zero-order chi connectivity index (χ0) is 16.8. The number of rotatable bonds is 15. The molecule has 0 saturated heterocycles. The van der Waals surface area contributed by atoms with Crippen LogP contribution < -0.4 is 0 Å². The van der Waals surface area contributed by atoms with Crippen LogP contribution in [0.4, 0.5) is 0 Å². The molecule has 140 valence electrons. The summed E-state index contributed by atoms with van der Waals surface area (Å²) >= 11 is 0. The van der Waals surface area contributed by atoms with Crippen molar-refractivity contribution in [1.29, 1.82) is 0 Å². The molecule has 4 heteroatoms. The Hall–Kier alpha value is -1.02. The molecular weight excluding hydrogens is 347 g/mol. The molecule has 0 unspecified atom stereocenters. The number of aliphatic carboxylic acids is 1. The van der Waals surface area contributed by atoms with E-state index < -0.39 is 5.97 Å². The van der Waals surface area contributed by atoms with Crippen LogP contribution in [0.1, 0.15) is 84.0 Å². The molecule has 0 aliphatic carbocycles. The summed E-state index contributed by atoms with van der Waals surface area (Å²) in [5, 5.41) is 8.61. The fourth-order valence-corrected chi connectivity index (χ4v) is 2.59. The molecule has 0 aromatic heterocycles. The van der Waals surface area contributed by atoms with E-state index in [1.54, 1.807) is 6.08 Å². The number of ether oxygens (including phenoxy) is 1. The second kappa shape index (κ2) is 15.5. The maximum Gasteiger partial charge on any atom is 0.375 e. The average Bonchev–Trinajstić information content (AvgIpc) is 3.31. The SMILES string of the molecule is CCCCCCCCCCCCCC=CC=CC1=C(C(=O)O)O1.[Ni]. The second-order valence-electron chi connectivity index (χ2n) is 6.21. The van der Waals surface area contributed by atoms with E-state index in [0.717, 1.165) is 6.42 Å². The van der Waals surface area contributed by atoms with Gasteiger partial charge in [-0.05, 0) is 18.9 Å². The minimum absolute atomic E-state index is 0. The fraction of sp³-hybridized carbons (Fsp3) is 0.650. The molecule has 0 atom stereocenters. The Labute approximate surface area is 157 Å². The van der Waals surface area contributed by atoms with Crippen LogP contribution in [0.5, 0.6) is 0 Å². The van der Waals surface area contributed by atoms with Crippen molar-refractivity contribution in [3.8, 4) is 0 Å². The maximum absolute atomic E-state index is 10.5. The van der Waals surface area contributed by atoms with Gasteiger partial charge in [0, 0.05) is 16.5 Å². The molecule has 0 aromatic carbocycles. The Kier molecular flexibility index (Phi) is 14.9. The second-order valence-corrected chi connectivity index (χ2v) is 6.21. The van der Waals surface area contributed by atoms with E-state index >= 15 is 0 Å². The van der Waals surface area contributed by atoms with E-state index in [0.29, 0.717) is 5.76 Å². The van der Waals surface area contributed by atoms with Gasteiger partial charge in [0.15, 0.2) is 5.76 Å². The van der Waals surface area contributed by atoms with Gasteiger partial charge in [-0.15, -0.1) is 0 Å². The summed E-state index contributed by atoms with van der Waals surface area (Å²) in [5.41, 5.74) is 0. The third-order valence-electron chi connectivity index (χ3n) is 4.06. The number of carboxylic acid groups (broad SMARTS) is 1. The summed E-state index contributed by atoms with van der Waals surface area (Å²) in [6.45, 7) is 2.26. The first-order valence-electron chi connectivity index (χ1n) is 9.24. The number of carboxylic acids is 1. The van der Waals surface area contributed by atoms with Crippen LogP contribution in [0.2, 0.25) is 0 Å². The topological polar surface area (TPSA) is 49.8 Å². The summed E-state index contributed by atoms with van der Waals surface area (Å²) in [4.78, 5) is 10.5.